The molecule has 0 aromatic heterocycles. The highest BCUT2D eigenvalue weighted by Gasteiger charge is 2.18. The second-order valence-electron chi connectivity index (χ2n) is 3.74. The standard InChI is InChI=1S/C13H14FNO4/c1-19-8-11(13(17)18)15-12(16)6-5-9-3-2-4-10(14)7-9/h2-7,11H,8H2,1H3,(H,15,16)(H,17,18)/b6-5+. The number of carboxylic acid groups (broad SMARTS) is 1. The van der Waals surface area contributed by atoms with Gasteiger partial charge >= 0.3 is 5.97 Å². The molecule has 0 fully saturated rings. The minimum atomic E-state index is -1.19. The molecule has 1 unspecified atom stereocenters. The Morgan fingerprint density at radius 3 is 2.84 bits per heavy atom. The number of amides is 1. The van der Waals surface area contributed by atoms with Crippen molar-refractivity contribution < 1.29 is 23.8 Å². The molecule has 0 saturated carbocycles. The summed E-state index contributed by atoms with van der Waals surface area (Å²) in [5.41, 5.74) is 0.508. The zero-order valence-electron chi connectivity index (χ0n) is 10.3. The van der Waals surface area contributed by atoms with E-state index in [2.05, 4.69) is 10.1 Å². The lowest BCUT2D eigenvalue weighted by Crippen LogP contribution is -2.43. The molecule has 0 aliphatic rings. The number of aliphatic carboxylic acids is 1. The molecule has 19 heavy (non-hydrogen) atoms. The Morgan fingerprint density at radius 2 is 2.26 bits per heavy atom. The Labute approximate surface area is 109 Å². The zero-order valence-corrected chi connectivity index (χ0v) is 10.3. The fourth-order valence-electron chi connectivity index (χ4n) is 1.34. The van der Waals surface area contributed by atoms with Crippen LogP contribution in [0, 0.1) is 5.82 Å². The number of carboxylic acids is 1. The average Bonchev–Trinajstić information content (AvgIpc) is 2.36. The number of ether oxygens (including phenoxy) is 1. The number of hydrogen-bond donors (Lipinski definition) is 2. The molecule has 1 aromatic carbocycles. The van der Waals surface area contributed by atoms with Gasteiger partial charge in [-0.2, -0.15) is 0 Å². The lowest BCUT2D eigenvalue weighted by Gasteiger charge is -2.11. The van der Waals surface area contributed by atoms with Crippen LogP contribution in [-0.4, -0.2) is 36.7 Å². The van der Waals surface area contributed by atoms with Crippen molar-refractivity contribution in [1.82, 2.24) is 5.32 Å². The van der Waals surface area contributed by atoms with Crippen molar-refractivity contribution in [3.05, 3.63) is 41.7 Å². The minimum Gasteiger partial charge on any atom is -0.480 e. The van der Waals surface area contributed by atoms with Crippen LogP contribution in [0.3, 0.4) is 0 Å². The van der Waals surface area contributed by atoms with Crippen molar-refractivity contribution in [1.29, 1.82) is 0 Å². The molecule has 0 radical (unpaired) electrons. The second-order valence-corrected chi connectivity index (χ2v) is 3.74. The van der Waals surface area contributed by atoms with Crippen LogP contribution in [0.1, 0.15) is 5.56 Å². The number of benzene rings is 1. The monoisotopic (exact) mass is 267 g/mol. The van der Waals surface area contributed by atoms with E-state index in [1.54, 1.807) is 6.07 Å². The van der Waals surface area contributed by atoms with Gasteiger partial charge in [0.2, 0.25) is 5.91 Å². The Morgan fingerprint density at radius 1 is 1.53 bits per heavy atom. The number of hydrogen-bond acceptors (Lipinski definition) is 3. The number of rotatable bonds is 6. The van der Waals surface area contributed by atoms with Crippen LogP contribution in [0.5, 0.6) is 0 Å². The van der Waals surface area contributed by atoms with Gasteiger partial charge in [-0.1, -0.05) is 12.1 Å². The van der Waals surface area contributed by atoms with Crippen LogP contribution in [0.2, 0.25) is 0 Å². The molecule has 2 N–H and O–H groups in total. The van der Waals surface area contributed by atoms with E-state index >= 15 is 0 Å². The molecular formula is C13H14FNO4. The maximum Gasteiger partial charge on any atom is 0.328 e. The average molecular weight is 267 g/mol. The first-order valence-electron chi connectivity index (χ1n) is 5.49. The van der Waals surface area contributed by atoms with Crippen molar-refractivity contribution in [2.45, 2.75) is 6.04 Å². The Kier molecular flexibility index (Phi) is 5.69. The highest BCUT2D eigenvalue weighted by Crippen LogP contribution is 2.05. The fourth-order valence-corrected chi connectivity index (χ4v) is 1.34. The lowest BCUT2D eigenvalue weighted by atomic mass is 10.2. The summed E-state index contributed by atoms with van der Waals surface area (Å²) in [5, 5.41) is 11.1. The van der Waals surface area contributed by atoms with Gasteiger partial charge in [0.25, 0.3) is 0 Å². The quantitative estimate of drug-likeness (QED) is 0.755. The van der Waals surface area contributed by atoms with Crippen LogP contribution in [0.25, 0.3) is 6.08 Å². The van der Waals surface area contributed by atoms with Gasteiger partial charge in [-0.25, -0.2) is 9.18 Å². The molecule has 0 heterocycles. The summed E-state index contributed by atoms with van der Waals surface area (Å²) in [5.74, 6) is -2.19. The predicted molar refractivity (Wildman–Crippen MR) is 66.9 cm³/mol. The van der Waals surface area contributed by atoms with Gasteiger partial charge in [0.05, 0.1) is 6.61 Å². The third kappa shape index (κ3) is 5.31. The fraction of sp³-hybridized carbons (Fsp3) is 0.231. The highest BCUT2D eigenvalue weighted by atomic mass is 19.1. The Hall–Kier alpha value is -2.21. The van der Waals surface area contributed by atoms with E-state index in [-0.39, 0.29) is 6.61 Å². The van der Waals surface area contributed by atoms with Gasteiger partial charge in [-0.3, -0.25) is 4.79 Å². The molecule has 6 heteroatoms. The summed E-state index contributed by atoms with van der Waals surface area (Å²) < 4.78 is 17.6. The first-order chi connectivity index (χ1) is 9.02. The summed E-state index contributed by atoms with van der Waals surface area (Å²) in [4.78, 5) is 22.3. The smallest absolute Gasteiger partial charge is 0.328 e. The molecule has 1 atom stereocenters. The van der Waals surface area contributed by atoms with Crippen LogP contribution < -0.4 is 5.32 Å². The van der Waals surface area contributed by atoms with E-state index in [1.807, 2.05) is 0 Å². The zero-order chi connectivity index (χ0) is 14.3. The topological polar surface area (TPSA) is 75.6 Å². The van der Waals surface area contributed by atoms with E-state index < -0.39 is 23.7 Å². The third-order valence-electron chi connectivity index (χ3n) is 2.22. The van der Waals surface area contributed by atoms with Crippen LogP contribution in [-0.2, 0) is 14.3 Å². The second kappa shape index (κ2) is 7.27. The van der Waals surface area contributed by atoms with E-state index in [0.29, 0.717) is 5.56 Å². The molecule has 1 rings (SSSR count). The van der Waals surface area contributed by atoms with Gasteiger partial charge in [0.1, 0.15) is 5.82 Å². The summed E-state index contributed by atoms with van der Waals surface area (Å²) >= 11 is 0. The van der Waals surface area contributed by atoms with Crippen molar-refractivity contribution in [2.24, 2.45) is 0 Å². The summed E-state index contributed by atoms with van der Waals surface area (Å²) in [7, 11) is 1.34. The Balaban J connectivity index is 2.61. The van der Waals surface area contributed by atoms with Crippen molar-refractivity contribution >= 4 is 18.0 Å². The van der Waals surface area contributed by atoms with Gasteiger partial charge in [0, 0.05) is 13.2 Å². The van der Waals surface area contributed by atoms with Crippen LogP contribution in [0.15, 0.2) is 30.3 Å². The number of methoxy groups -OCH3 is 1. The number of carbonyl (C=O) groups is 2. The van der Waals surface area contributed by atoms with Gasteiger partial charge in [0.15, 0.2) is 6.04 Å². The molecule has 1 amide bonds. The van der Waals surface area contributed by atoms with Crippen molar-refractivity contribution in [3.8, 4) is 0 Å². The molecule has 5 nitrogen and oxygen atoms in total. The Bertz CT molecular complexity index is 487. The maximum atomic E-state index is 12.9. The first kappa shape index (κ1) is 14.8. The van der Waals surface area contributed by atoms with Crippen molar-refractivity contribution in [3.63, 3.8) is 0 Å². The molecule has 102 valence electrons. The molecule has 0 aliphatic heterocycles. The molecule has 1 aromatic rings. The number of nitrogens with one attached hydrogen (secondary N) is 1. The largest absolute Gasteiger partial charge is 0.480 e. The van der Waals surface area contributed by atoms with Gasteiger partial charge < -0.3 is 15.2 Å². The number of halogens is 1. The van der Waals surface area contributed by atoms with Crippen LogP contribution in [0.4, 0.5) is 4.39 Å². The molecular weight excluding hydrogens is 253 g/mol. The highest BCUT2D eigenvalue weighted by molar-refractivity contribution is 5.94. The minimum absolute atomic E-state index is 0.130. The van der Waals surface area contributed by atoms with Gasteiger partial charge in [-0.05, 0) is 23.8 Å². The predicted octanol–water partition coefficient (Wildman–Crippen LogP) is 1.05. The van der Waals surface area contributed by atoms with E-state index in [0.717, 1.165) is 6.08 Å². The summed E-state index contributed by atoms with van der Waals surface area (Å²) in [6.45, 7) is -0.130. The molecule has 0 aliphatic carbocycles. The van der Waals surface area contributed by atoms with Crippen molar-refractivity contribution in [2.75, 3.05) is 13.7 Å². The first-order valence-corrected chi connectivity index (χ1v) is 5.49. The lowest BCUT2D eigenvalue weighted by molar-refractivity contribution is -0.142. The normalized spacial score (nSPS) is 12.3. The summed E-state index contributed by atoms with van der Waals surface area (Å²) in [6.07, 6.45) is 2.53. The summed E-state index contributed by atoms with van der Waals surface area (Å²) in [6, 6.07) is 4.56. The molecule has 0 saturated heterocycles. The maximum absolute atomic E-state index is 12.9. The third-order valence-corrected chi connectivity index (χ3v) is 2.22. The number of carbonyl (C=O) groups excluding carboxylic acids is 1. The van der Waals surface area contributed by atoms with Crippen LogP contribution >= 0.6 is 0 Å². The van der Waals surface area contributed by atoms with E-state index in [9.17, 15) is 14.0 Å². The SMILES string of the molecule is COCC(NC(=O)/C=C/c1cccc(F)c1)C(=O)O. The molecule has 0 spiro atoms. The van der Waals surface area contributed by atoms with Gasteiger partial charge in [-0.15, -0.1) is 0 Å². The van der Waals surface area contributed by atoms with E-state index in [1.165, 1.54) is 31.4 Å². The molecule has 0 bridgehead atoms. The van der Waals surface area contributed by atoms with E-state index in [4.69, 9.17) is 5.11 Å².